The summed E-state index contributed by atoms with van der Waals surface area (Å²) in [7, 11) is 0. The van der Waals surface area contributed by atoms with E-state index in [9.17, 15) is 0 Å². The number of morpholine rings is 1. The summed E-state index contributed by atoms with van der Waals surface area (Å²) in [4.78, 5) is 15.3. The first kappa shape index (κ1) is 18.3. The number of hydrogen-bond donors (Lipinski definition) is 1. The van der Waals surface area contributed by atoms with Gasteiger partial charge >= 0.3 is 0 Å². The van der Waals surface area contributed by atoms with Crippen molar-refractivity contribution in [1.29, 1.82) is 0 Å². The molecule has 0 atom stereocenters. The number of hydrogen-bond acceptors (Lipinski definition) is 7. The first-order valence-electron chi connectivity index (χ1n) is 9.40. The van der Waals surface area contributed by atoms with Gasteiger partial charge in [0.1, 0.15) is 12.4 Å². The first-order chi connectivity index (χ1) is 13.9. The predicted octanol–water partition coefficient (Wildman–Crippen LogP) is 2.99. The molecule has 0 saturated carbocycles. The minimum absolute atomic E-state index is 0.541. The minimum Gasteiger partial charge on any atom is -0.492 e. The third-order valence-corrected chi connectivity index (χ3v) is 4.50. The van der Waals surface area contributed by atoms with Crippen LogP contribution in [0.15, 0.2) is 61.1 Å². The number of aromatic nitrogens is 3. The second-order valence-electron chi connectivity index (χ2n) is 6.46. The third-order valence-electron chi connectivity index (χ3n) is 4.50. The maximum atomic E-state index is 5.91. The Bertz CT molecular complexity index is 885. The van der Waals surface area contributed by atoms with Crippen LogP contribution in [0.2, 0.25) is 0 Å². The number of benzene rings is 1. The Kier molecular flexibility index (Phi) is 6.06. The van der Waals surface area contributed by atoms with E-state index in [1.807, 2.05) is 42.5 Å². The molecule has 0 amide bonds. The van der Waals surface area contributed by atoms with E-state index < -0.39 is 0 Å². The fraction of sp³-hybridized carbons (Fsp3) is 0.286. The molecule has 0 bridgehead atoms. The van der Waals surface area contributed by atoms with Gasteiger partial charge in [0.15, 0.2) is 0 Å². The Labute approximate surface area is 164 Å². The molecule has 7 heteroatoms. The Hall–Kier alpha value is -3.03. The molecule has 0 spiro atoms. The summed E-state index contributed by atoms with van der Waals surface area (Å²) in [5.74, 6) is 1.36. The molecule has 1 aliphatic heterocycles. The van der Waals surface area contributed by atoms with Crippen LogP contribution in [0.1, 0.15) is 0 Å². The standard InChI is InChI=1S/C21H23N5O2/c1-2-18(16-19(3-1)28-15-12-26-10-13-27-14-11-26)24-21-23-9-6-20(25-21)17-4-7-22-8-5-17/h1-9,16H,10-15H2,(H,23,24,25). The van der Waals surface area contributed by atoms with Crippen molar-refractivity contribution in [3.05, 3.63) is 61.1 Å². The fourth-order valence-electron chi connectivity index (χ4n) is 3.01. The topological polar surface area (TPSA) is 72.4 Å². The largest absolute Gasteiger partial charge is 0.492 e. The van der Waals surface area contributed by atoms with Gasteiger partial charge in [0.05, 0.1) is 18.9 Å². The number of pyridine rings is 1. The van der Waals surface area contributed by atoms with Gasteiger partial charge in [0, 0.05) is 55.5 Å². The summed E-state index contributed by atoms with van der Waals surface area (Å²) < 4.78 is 11.3. The number of ether oxygens (including phenoxy) is 2. The van der Waals surface area contributed by atoms with Crippen LogP contribution in [0, 0.1) is 0 Å². The van der Waals surface area contributed by atoms with Crippen LogP contribution in [0.4, 0.5) is 11.6 Å². The van der Waals surface area contributed by atoms with Crippen LogP contribution in [-0.4, -0.2) is 59.3 Å². The maximum Gasteiger partial charge on any atom is 0.227 e. The van der Waals surface area contributed by atoms with Crippen LogP contribution in [0.25, 0.3) is 11.3 Å². The molecular weight excluding hydrogens is 354 g/mol. The summed E-state index contributed by atoms with van der Waals surface area (Å²) in [5.41, 5.74) is 2.73. The summed E-state index contributed by atoms with van der Waals surface area (Å²) in [6.07, 6.45) is 5.25. The summed E-state index contributed by atoms with van der Waals surface area (Å²) in [6.45, 7) is 5.09. The van der Waals surface area contributed by atoms with E-state index in [2.05, 4.69) is 25.2 Å². The van der Waals surface area contributed by atoms with Crippen LogP contribution in [-0.2, 0) is 4.74 Å². The lowest BCUT2D eigenvalue weighted by atomic mass is 10.2. The smallest absolute Gasteiger partial charge is 0.227 e. The molecule has 0 radical (unpaired) electrons. The van der Waals surface area contributed by atoms with Crippen molar-refractivity contribution in [3.63, 3.8) is 0 Å². The Morgan fingerprint density at radius 1 is 1.04 bits per heavy atom. The van der Waals surface area contributed by atoms with Crippen LogP contribution >= 0.6 is 0 Å². The maximum absolute atomic E-state index is 5.91. The first-order valence-corrected chi connectivity index (χ1v) is 9.40. The lowest BCUT2D eigenvalue weighted by Gasteiger charge is -2.26. The second-order valence-corrected chi connectivity index (χ2v) is 6.46. The molecule has 7 nitrogen and oxygen atoms in total. The molecule has 1 aromatic carbocycles. The third kappa shape index (κ3) is 5.03. The molecule has 3 aromatic rings. The van der Waals surface area contributed by atoms with Crippen molar-refractivity contribution >= 4 is 11.6 Å². The summed E-state index contributed by atoms with van der Waals surface area (Å²) in [5, 5.41) is 3.25. The van der Waals surface area contributed by atoms with Gasteiger partial charge in [0.25, 0.3) is 0 Å². The quantitative estimate of drug-likeness (QED) is 0.678. The molecule has 144 valence electrons. The molecule has 3 heterocycles. The van der Waals surface area contributed by atoms with E-state index >= 15 is 0 Å². The lowest BCUT2D eigenvalue weighted by molar-refractivity contribution is 0.0322. The van der Waals surface area contributed by atoms with Crippen molar-refractivity contribution < 1.29 is 9.47 Å². The highest BCUT2D eigenvalue weighted by atomic mass is 16.5. The number of nitrogens with one attached hydrogen (secondary N) is 1. The van der Waals surface area contributed by atoms with Crippen molar-refractivity contribution in [2.45, 2.75) is 0 Å². The molecule has 1 N–H and O–H groups in total. The Balaban J connectivity index is 1.37. The van der Waals surface area contributed by atoms with Crippen molar-refractivity contribution in [3.8, 4) is 17.0 Å². The average molecular weight is 377 g/mol. The van der Waals surface area contributed by atoms with Gasteiger partial charge in [-0.25, -0.2) is 9.97 Å². The average Bonchev–Trinajstić information content (AvgIpc) is 2.76. The minimum atomic E-state index is 0.541. The normalized spacial score (nSPS) is 14.6. The molecule has 1 fully saturated rings. The molecule has 28 heavy (non-hydrogen) atoms. The van der Waals surface area contributed by atoms with Gasteiger partial charge in [-0.3, -0.25) is 9.88 Å². The monoisotopic (exact) mass is 377 g/mol. The van der Waals surface area contributed by atoms with E-state index in [1.165, 1.54) is 0 Å². The van der Waals surface area contributed by atoms with Gasteiger partial charge in [-0.1, -0.05) is 6.07 Å². The molecule has 0 unspecified atom stereocenters. The second kappa shape index (κ2) is 9.25. The van der Waals surface area contributed by atoms with Crippen LogP contribution in [0.5, 0.6) is 5.75 Å². The van der Waals surface area contributed by atoms with Crippen molar-refractivity contribution in [2.24, 2.45) is 0 Å². The highest BCUT2D eigenvalue weighted by Gasteiger charge is 2.10. The Morgan fingerprint density at radius 3 is 2.75 bits per heavy atom. The molecular formula is C21H23N5O2. The lowest BCUT2D eigenvalue weighted by Crippen LogP contribution is -2.38. The molecule has 1 aliphatic rings. The zero-order valence-corrected chi connectivity index (χ0v) is 15.6. The van der Waals surface area contributed by atoms with Gasteiger partial charge in [-0.2, -0.15) is 0 Å². The van der Waals surface area contributed by atoms with Gasteiger partial charge < -0.3 is 14.8 Å². The fourth-order valence-corrected chi connectivity index (χ4v) is 3.01. The van der Waals surface area contributed by atoms with Gasteiger partial charge in [-0.05, 0) is 30.3 Å². The van der Waals surface area contributed by atoms with Gasteiger partial charge in [-0.15, -0.1) is 0 Å². The van der Waals surface area contributed by atoms with Crippen molar-refractivity contribution in [1.82, 2.24) is 19.9 Å². The molecule has 1 saturated heterocycles. The molecule has 2 aromatic heterocycles. The predicted molar refractivity (Wildman–Crippen MR) is 108 cm³/mol. The zero-order chi connectivity index (χ0) is 19.0. The van der Waals surface area contributed by atoms with E-state index in [-0.39, 0.29) is 0 Å². The summed E-state index contributed by atoms with van der Waals surface area (Å²) >= 11 is 0. The summed E-state index contributed by atoms with van der Waals surface area (Å²) in [6, 6.07) is 13.6. The SMILES string of the molecule is c1cc(Nc2nccc(-c3ccncc3)n2)cc(OCCN2CCOCC2)c1. The Morgan fingerprint density at radius 2 is 1.89 bits per heavy atom. The van der Waals surface area contributed by atoms with E-state index in [4.69, 9.17) is 9.47 Å². The van der Waals surface area contributed by atoms with E-state index in [1.54, 1.807) is 18.6 Å². The van der Waals surface area contributed by atoms with E-state index in [0.717, 1.165) is 55.5 Å². The van der Waals surface area contributed by atoms with Crippen LogP contribution in [0.3, 0.4) is 0 Å². The van der Waals surface area contributed by atoms with E-state index in [0.29, 0.717) is 12.6 Å². The molecule has 0 aliphatic carbocycles. The highest BCUT2D eigenvalue weighted by molar-refractivity contribution is 5.62. The number of anilines is 2. The van der Waals surface area contributed by atoms with Crippen molar-refractivity contribution in [2.75, 3.05) is 44.8 Å². The number of rotatable bonds is 7. The number of nitrogens with zero attached hydrogens (tertiary/aromatic N) is 4. The van der Waals surface area contributed by atoms with Crippen LogP contribution < -0.4 is 10.1 Å². The van der Waals surface area contributed by atoms with Gasteiger partial charge in [0.2, 0.25) is 5.95 Å². The molecule has 4 rings (SSSR count). The highest BCUT2D eigenvalue weighted by Crippen LogP contribution is 2.22. The zero-order valence-electron chi connectivity index (χ0n) is 15.6.